The minimum atomic E-state index is -0.162. The zero-order chi connectivity index (χ0) is 20.2. The molecular formula is C23H24ClN3O2. The summed E-state index contributed by atoms with van der Waals surface area (Å²) in [6, 6.07) is 17.9. The Labute approximate surface area is 175 Å². The zero-order valence-corrected chi connectivity index (χ0v) is 17.2. The lowest BCUT2D eigenvalue weighted by Gasteiger charge is -2.33. The number of aryl methyl sites for hydroxylation is 1. The summed E-state index contributed by atoms with van der Waals surface area (Å²) >= 11 is 6.31. The fourth-order valence-electron chi connectivity index (χ4n) is 3.89. The maximum Gasteiger partial charge on any atom is 0.257 e. The number of carbonyl (C=O) groups is 1. The molecule has 6 heteroatoms. The van der Waals surface area contributed by atoms with Gasteiger partial charge in [-0.15, -0.1) is 0 Å². The number of halogens is 1. The summed E-state index contributed by atoms with van der Waals surface area (Å²) in [6.07, 6.45) is 2.01. The molecule has 1 aromatic heterocycles. The predicted octanol–water partition coefficient (Wildman–Crippen LogP) is 4.70. The van der Waals surface area contributed by atoms with E-state index in [1.807, 2.05) is 24.3 Å². The number of aromatic nitrogens is 1. The number of rotatable bonds is 5. The summed E-state index contributed by atoms with van der Waals surface area (Å²) in [5.74, 6) is 0.333. The van der Waals surface area contributed by atoms with Gasteiger partial charge in [0, 0.05) is 24.7 Å². The fraction of sp³-hybridized carbons (Fsp3) is 0.304. The molecule has 0 spiro atoms. The average Bonchev–Trinajstić information content (AvgIpc) is 3.11. The highest BCUT2D eigenvalue weighted by atomic mass is 35.5. The molecule has 1 amide bonds. The van der Waals surface area contributed by atoms with E-state index in [4.69, 9.17) is 16.1 Å². The third-order valence-electron chi connectivity index (χ3n) is 5.31. The van der Waals surface area contributed by atoms with Gasteiger partial charge in [-0.1, -0.05) is 65.3 Å². The summed E-state index contributed by atoms with van der Waals surface area (Å²) in [5, 5.41) is 7.83. The van der Waals surface area contributed by atoms with Gasteiger partial charge in [-0.25, -0.2) is 0 Å². The molecular weight excluding hydrogens is 386 g/mol. The van der Waals surface area contributed by atoms with Crippen LogP contribution in [0.15, 0.2) is 59.1 Å². The van der Waals surface area contributed by atoms with E-state index in [0.29, 0.717) is 27.6 Å². The fourth-order valence-corrected chi connectivity index (χ4v) is 4.12. The van der Waals surface area contributed by atoms with E-state index in [1.165, 1.54) is 5.56 Å². The van der Waals surface area contributed by atoms with Crippen LogP contribution in [0.3, 0.4) is 0 Å². The summed E-state index contributed by atoms with van der Waals surface area (Å²) in [7, 11) is 0. The first-order chi connectivity index (χ1) is 14.1. The van der Waals surface area contributed by atoms with Gasteiger partial charge in [0.2, 0.25) is 0 Å². The summed E-state index contributed by atoms with van der Waals surface area (Å²) in [6.45, 7) is 4.51. The third kappa shape index (κ3) is 4.52. The lowest BCUT2D eigenvalue weighted by Crippen LogP contribution is -2.47. The van der Waals surface area contributed by atoms with E-state index in [1.54, 1.807) is 13.0 Å². The van der Waals surface area contributed by atoms with E-state index >= 15 is 0 Å². The molecule has 0 aliphatic carbocycles. The minimum Gasteiger partial charge on any atom is -0.360 e. The minimum absolute atomic E-state index is 0.0911. The molecule has 0 bridgehead atoms. The van der Waals surface area contributed by atoms with Crippen molar-refractivity contribution in [1.82, 2.24) is 15.4 Å². The van der Waals surface area contributed by atoms with Gasteiger partial charge in [-0.2, -0.15) is 0 Å². The van der Waals surface area contributed by atoms with Crippen molar-refractivity contribution >= 4 is 17.5 Å². The molecule has 2 aromatic carbocycles. The Morgan fingerprint density at radius 2 is 1.97 bits per heavy atom. The Morgan fingerprint density at radius 1 is 1.21 bits per heavy atom. The smallest absolute Gasteiger partial charge is 0.257 e. The second kappa shape index (κ2) is 8.80. The van der Waals surface area contributed by atoms with Crippen LogP contribution in [0.4, 0.5) is 0 Å². The van der Waals surface area contributed by atoms with Crippen LogP contribution in [0.5, 0.6) is 0 Å². The number of carbonyl (C=O) groups excluding carboxylic acids is 1. The summed E-state index contributed by atoms with van der Waals surface area (Å²) in [4.78, 5) is 15.5. The van der Waals surface area contributed by atoms with Gasteiger partial charge in [0.15, 0.2) is 0 Å². The number of hydrogen-bond donors (Lipinski definition) is 1. The quantitative estimate of drug-likeness (QED) is 0.663. The van der Waals surface area contributed by atoms with Crippen molar-refractivity contribution in [2.45, 2.75) is 32.4 Å². The van der Waals surface area contributed by atoms with Crippen LogP contribution in [-0.4, -0.2) is 35.1 Å². The highest BCUT2D eigenvalue weighted by Crippen LogP contribution is 2.31. The highest BCUT2D eigenvalue weighted by molar-refractivity contribution is 6.33. The zero-order valence-electron chi connectivity index (χ0n) is 16.4. The number of likely N-dealkylation sites (tertiary alicyclic amines) is 1. The normalized spacial score (nSPS) is 17.2. The largest absolute Gasteiger partial charge is 0.360 e. The molecule has 29 heavy (non-hydrogen) atoms. The number of amides is 1. The highest BCUT2D eigenvalue weighted by Gasteiger charge is 2.27. The number of nitrogens with zero attached hydrogens (tertiary/aromatic N) is 2. The van der Waals surface area contributed by atoms with E-state index in [2.05, 4.69) is 39.6 Å². The molecule has 1 unspecified atom stereocenters. The monoisotopic (exact) mass is 409 g/mol. The molecule has 150 valence electrons. The van der Waals surface area contributed by atoms with Crippen LogP contribution in [0.25, 0.3) is 11.3 Å². The first-order valence-electron chi connectivity index (χ1n) is 9.90. The van der Waals surface area contributed by atoms with E-state index in [-0.39, 0.29) is 11.9 Å². The molecule has 4 rings (SSSR count). The van der Waals surface area contributed by atoms with Crippen molar-refractivity contribution < 1.29 is 9.32 Å². The van der Waals surface area contributed by atoms with Crippen LogP contribution in [0.1, 0.15) is 34.5 Å². The van der Waals surface area contributed by atoms with Gasteiger partial charge < -0.3 is 9.84 Å². The van der Waals surface area contributed by atoms with E-state index in [9.17, 15) is 4.79 Å². The first-order valence-corrected chi connectivity index (χ1v) is 10.3. The van der Waals surface area contributed by atoms with E-state index in [0.717, 1.165) is 32.5 Å². The first kappa shape index (κ1) is 19.7. The Balaban J connectivity index is 1.47. The second-order valence-corrected chi connectivity index (χ2v) is 7.88. The Bertz CT molecular complexity index is 987. The molecule has 0 saturated carbocycles. The topological polar surface area (TPSA) is 58.4 Å². The van der Waals surface area contributed by atoms with Crippen LogP contribution in [-0.2, 0) is 6.54 Å². The Kier molecular flexibility index (Phi) is 5.97. The van der Waals surface area contributed by atoms with Crippen molar-refractivity contribution in [2.24, 2.45) is 0 Å². The van der Waals surface area contributed by atoms with Gasteiger partial charge in [0.05, 0.1) is 5.02 Å². The van der Waals surface area contributed by atoms with Crippen LogP contribution in [0, 0.1) is 6.92 Å². The van der Waals surface area contributed by atoms with Crippen LogP contribution in [0.2, 0.25) is 5.02 Å². The third-order valence-corrected chi connectivity index (χ3v) is 5.64. The molecule has 1 atom stereocenters. The number of hydrogen-bond acceptors (Lipinski definition) is 4. The summed E-state index contributed by atoms with van der Waals surface area (Å²) < 4.78 is 5.34. The molecule has 1 saturated heterocycles. The number of nitrogens with one attached hydrogen (secondary N) is 1. The predicted molar refractivity (Wildman–Crippen MR) is 114 cm³/mol. The van der Waals surface area contributed by atoms with E-state index < -0.39 is 0 Å². The SMILES string of the molecule is Cc1onc(-c2ccccc2Cl)c1C(=O)NC1CCCN(Cc2ccccc2)C1. The molecule has 1 aliphatic rings. The lowest BCUT2D eigenvalue weighted by molar-refractivity contribution is 0.0900. The number of piperidine rings is 1. The van der Waals surface area contributed by atoms with Crippen molar-refractivity contribution in [3.63, 3.8) is 0 Å². The molecule has 1 aliphatic heterocycles. The Morgan fingerprint density at radius 3 is 2.76 bits per heavy atom. The van der Waals surface area contributed by atoms with Crippen molar-refractivity contribution in [3.8, 4) is 11.3 Å². The maximum atomic E-state index is 13.1. The molecule has 1 N–H and O–H groups in total. The second-order valence-electron chi connectivity index (χ2n) is 7.48. The van der Waals surface area contributed by atoms with Gasteiger partial charge in [0.1, 0.15) is 17.0 Å². The molecule has 0 radical (unpaired) electrons. The van der Waals surface area contributed by atoms with Gasteiger partial charge in [-0.3, -0.25) is 9.69 Å². The number of benzene rings is 2. The van der Waals surface area contributed by atoms with Gasteiger partial charge in [0.25, 0.3) is 5.91 Å². The lowest BCUT2D eigenvalue weighted by atomic mass is 10.0. The maximum absolute atomic E-state index is 13.1. The average molecular weight is 410 g/mol. The standard InChI is InChI=1S/C23H24ClN3O2/c1-16-21(22(26-29-16)19-11-5-6-12-20(19)24)23(28)25-18-10-7-13-27(15-18)14-17-8-3-2-4-9-17/h2-6,8-9,11-12,18H,7,10,13-15H2,1H3,(H,25,28). The van der Waals surface area contributed by atoms with Crippen molar-refractivity contribution in [1.29, 1.82) is 0 Å². The van der Waals surface area contributed by atoms with Gasteiger partial charge >= 0.3 is 0 Å². The molecule has 2 heterocycles. The van der Waals surface area contributed by atoms with Gasteiger partial charge in [-0.05, 0) is 37.9 Å². The van der Waals surface area contributed by atoms with Crippen molar-refractivity contribution in [3.05, 3.63) is 76.5 Å². The molecule has 3 aromatic rings. The van der Waals surface area contributed by atoms with Crippen molar-refractivity contribution in [2.75, 3.05) is 13.1 Å². The van der Waals surface area contributed by atoms with Crippen LogP contribution >= 0.6 is 11.6 Å². The van der Waals surface area contributed by atoms with Crippen LogP contribution < -0.4 is 5.32 Å². The Hall–Kier alpha value is -2.63. The summed E-state index contributed by atoms with van der Waals surface area (Å²) in [5.41, 5.74) is 2.93. The molecule has 1 fully saturated rings. The molecule has 5 nitrogen and oxygen atoms in total.